The smallest absolute Gasteiger partial charge is 0.256 e. The summed E-state index contributed by atoms with van der Waals surface area (Å²) in [5.41, 5.74) is 0.160. The van der Waals surface area contributed by atoms with Crippen molar-refractivity contribution >= 4 is 33.3 Å². The number of nitrogens with zero attached hydrogens (tertiary/aromatic N) is 3. The van der Waals surface area contributed by atoms with Gasteiger partial charge in [0, 0.05) is 13.6 Å². The van der Waals surface area contributed by atoms with Crippen LogP contribution in [0.15, 0.2) is 30.5 Å². The van der Waals surface area contributed by atoms with Crippen molar-refractivity contribution in [2.45, 2.75) is 13.5 Å². The second-order valence-electron chi connectivity index (χ2n) is 5.60. The molecule has 146 valence electrons. The van der Waals surface area contributed by atoms with Crippen LogP contribution in [0.1, 0.15) is 17.3 Å². The Morgan fingerprint density at radius 3 is 2.59 bits per heavy atom. The van der Waals surface area contributed by atoms with Crippen LogP contribution in [0.2, 0.25) is 0 Å². The molecule has 0 unspecified atom stereocenters. The number of aromatic nitrogens is 2. The van der Waals surface area contributed by atoms with Crippen molar-refractivity contribution in [2.75, 3.05) is 29.5 Å². The summed E-state index contributed by atoms with van der Waals surface area (Å²) >= 11 is 0. The van der Waals surface area contributed by atoms with Crippen molar-refractivity contribution < 1.29 is 22.4 Å². The lowest BCUT2D eigenvalue weighted by Gasteiger charge is -2.22. The van der Waals surface area contributed by atoms with Gasteiger partial charge < -0.3 is 10.6 Å². The molecule has 0 fully saturated rings. The fourth-order valence-corrected chi connectivity index (χ4v) is 3.24. The molecule has 0 spiro atoms. The van der Waals surface area contributed by atoms with Gasteiger partial charge in [0.25, 0.3) is 5.91 Å². The standard InChI is InChI=1S/C16H20FN5O4S/c1-4-21-15(13(9-19-21)16(24)18-2)20-14(23)10-22(27(3,25)26)12-7-5-6-11(17)8-12/h5-9H,4,10H2,1-3H3,(H,18,24)(H,20,23). The normalized spacial score (nSPS) is 11.1. The van der Waals surface area contributed by atoms with Crippen LogP contribution in [0.25, 0.3) is 0 Å². The Kier molecular flexibility index (Phi) is 6.16. The molecule has 0 bridgehead atoms. The highest BCUT2D eigenvalue weighted by molar-refractivity contribution is 7.92. The number of anilines is 2. The lowest BCUT2D eigenvalue weighted by Crippen LogP contribution is -2.38. The van der Waals surface area contributed by atoms with Gasteiger partial charge in [-0.1, -0.05) is 6.07 Å². The Morgan fingerprint density at radius 1 is 1.33 bits per heavy atom. The summed E-state index contributed by atoms with van der Waals surface area (Å²) in [6.45, 7) is 1.56. The highest BCUT2D eigenvalue weighted by Gasteiger charge is 2.24. The summed E-state index contributed by atoms with van der Waals surface area (Å²) in [6, 6.07) is 4.90. The zero-order valence-electron chi connectivity index (χ0n) is 15.1. The molecule has 1 aromatic heterocycles. The predicted molar refractivity (Wildman–Crippen MR) is 98.5 cm³/mol. The molecule has 0 aliphatic rings. The van der Waals surface area contributed by atoms with Crippen molar-refractivity contribution in [1.82, 2.24) is 15.1 Å². The van der Waals surface area contributed by atoms with Gasteiger partial charge in [-0.2, -0.15) is 5.10 Å². The molecule has 11 heteroatoms. The molecular formula is C16H20FN5O4S. The summed E-state index contributed by atoms with van der Waals surface area (Å²) < 4.78 is 39.8. The quantitative estimate of drug-likeness (QED) is 0.718. The fourth-order valence-electron chi connectivity index (χ4n) is 2.39. The van der Waals surface area contributed by atoms with Gasteiger partial charge in [0.15, 0.2) is 0 Å². The zero-order chi connectivity index (χ0) is 20.2. The maximum Gasteiger partial charge on any atom is 0.256 e. The van der Waals surface area contributed by atoms with Gasteiger partial charge in [0.1, 0.15) is 23.7 Å². The van der Waals surface area contributed by atoms with Gasteiger partial charge in [-0.25, -0.2) is 17.5 Å². The number of hydrogen-bond acceptors (Lipinski definition) is 5. The predicted octanol–water partition coefficient (Wildman–Crippen LogP) is 0.806. The third-order valence-electron chi connectivity index (χ3n) is 3.65. The van der Waals surface area contributed by atoms with Gasteiger partial charge in [-0.3, -0.25) is 13.9 Å². The molecule has 1 heterocycles. The van der Waals surface area contributed by atoms with Crippen molar-refractivity contribution in [3.8, 4) is 0 Å². The molecule has 0 radical (unpaired) electrons. The lowest BCUT2D eigenvalue weighted by molar-refractivity contribution is -0.114. The number of rotatable bonds is 7. The molecule has 2 aromatic rings. The van der Waals surface area contributed by atoms with Crippen molar-refractivity contribution in [3.63, 3.8) is 0 Å². The van der Waals surface area contributed by atoms with E-state index in [1.54, 1.807) is 6.92 Å². The summed E-state index contributed by atoms with van der Waals surface area (Å²) in [5, 5.41) is 8.97. The number of sulfonamides is 1. The molecular weight excluding hydrogens is 377 g/mol. The molecule has 9 nitrogen and oxygen atoms in total. The number of carbonyl (C=O) groups is 2. The average molecular weight is 397 g/mol. The first-order valence-electron chi connectivity index (χ1n) is 7.98. The molecule has 2 N–H and O–H groups in total. The van der Waals surface area contributed by atoms with E-state index in [0.717, 1.165) is 16.6 Å². The summed E-state index contributed by atoms with van der Waals surface area (Å²) in [4.78, 5) is 24.4. The van der Waals surface area contributed by atoms with Gasteiger partial charge in [-0.05, 0) is 25.1 Å². The van der Waals surface area contributed by atoms with Crippen LogP contribution in [0.3, 0.4) is 0 Å². The van der Waals surface area contributed by atoms with E-state index in [1.807, 2.05) is 0 Å². The van der Waals surface area contributed by atoms with E-state index in [0.29, 0.717) is 6.54 Å². The lowest BCUT2D eigenvalue weighted by atomic mass is 10.3. The van der Waals surface area contributed by atoms with Gasteiger partial charge in [-0.15, -0.1) is 0 Å². The minimum absolute atomic E-state index is 0.0168. The van der Waals surface area contributed by atoms with Crippen LogP contribution in [0.4, 0.5) is 15.9 Å². The van der Waals surface area contributed by atoms with E-state index < -0.39 is 34.2 Å². The van der Waals surface area contributed by atoms with E-state index in [9.17, 15) is 22.4 Å². The van der Waals surface area contributed by atoms with E-state index in [-0.39, 0.29) is 17.1 Å². The Hall–Kier alpha value is -2.95. The van der Waals surface area contributed by atoms with E-state index in [2.05, 4.69) is 15.7 Å². The van der Waals surface area contributed by atoms with Crippen LogP contribution in [0.5, 0.6) is 0 Å². The van der Waals surface area contributed by atoms with Crippen LogP contribution >= 0.6 is 0 Å². The first-order valence-corrected chi connectivity index (χ1v) is 9.83. The zero-order valence-corrected chi connectivity index (χ0v) is 15.9. The molecule has 27 heavy (non-hydrogen) atoms. The second-order valence-corrected chi connectivity index (χ2v) is 7.51. The maximum atomic E-state index is 13.5. The number of amides is 2. The molecule has 0 atom stereocenters. The largest absolute Gasteiger partial charge is 0.355 e. The van der Waals surface area contributed by atoms with Gasteiger partial charge in [0.05, 0.1) is 18.1 Å². The molecule has 0 aliphatic heterocycles. The third kappa shape index (κ3) is 4.82. The maximum absolute atomic E-state index is 13.5. The fraction of sp³-hybridized carbons (Fsp3) is 0.312. The number of benzene rings is 1. The van der Waals surface area contributed by atoms with Crippen LogP contribution < -0.4 is 14.9 Å². The Labute approximate surface area is 156 Å². The van der Waals surface area contributed by atoms with Crippen LogP contribution in [-0.2, 0) is 21.4 Å². The number of carbonyl (C=O) groups excluding carboxylic acids is 2. The van der Waals surface area contributed by atoms with E-state index >= 15 is 0 Å². The average Bonchev–Trinajstić information content (AvgIpc) is 3.00. The molecule has 0 saturated carbocycles. The number of nitrogens with one attached hydrogen (secondary N) is 2. The SMILES string of the molecule is CCn1ncc(C(=O)NC)c1NC(=O)CN(c1cccc(F)c1)S(C)(=O)=O. The summed E-state index contributed by atoms with van der Waals surface area (Å²) in [7, 11) is -2.41. The topological polar surface area (TPSA) is 113 Å². The molecule has 0 saturated heterocycles. The first kappa shape index (κ1) is 20.4. The van der Waals surface area contributed by atoms with Crippen LogP contribution in [-0.4, -0.2) is 49.9 Å². The minimum Gasteiger partial charge on any atom is -0.355 e. The molecule has 2 amide bonds. The van der Waals surface area contributed by atoms with Gasteiger partial charge >= 0.3 is 0 Å². The van der Waals surface area contributed by atoms with Crippen molar-refractivity contribution in [2.24, 2.45) is 0 Å². The van der Waals surface area contributed by atoms with Crippen LogP contribution in [0, 0.1) is 5.82 Å². The van der Waals surface area contributed by atoms with Gasteiger partial charge in [0.2, 0.25) is 15.9 Å². The monoisotopic (exact) mass is 397 g/mol. The van der Waals surface area contributed by atoms with Crippen molar-refractivity contribution in [1.29, 1.82) is 0 Å². The first-order chi connectivity index (χ1) is 12.7. The Balaban J connectivity index is 2.30. The molecule has 2 rings (SSSR count). The third-order valence-corrected chi connectivity index (χ3v) is 4.79. The van der Waals surface area contributed by atoms with E-state index in [1.165, 1.54) is 36.1 Å². The minimum atomic E-state index is -3.85. The number of hydrogen-bond donors (Lipinski definition) is 2. The Bertz CT molecular complexity index is 957. The molecule has 0 aliphatic carbocycles. The second kappa shape index (κ2) is 8.16. The molecule has 1 aromatic carbocycles. The summed E-state index contributed by atoms with van der Waals surface area (Å²) in [5.74, 6) is -1.64. The number of halogens is 1. The van der Waals surface area contributed by atoms with Crippen molar-refractivity contribution in [3.05, 3.63) is 41.8 Å². The summed E-state index contributed by atoms with van der Waals surface area (Å²) in [6.07, 6.45) is 2.22. The highest BCUT2D eigenvalue weighted by atomic mass is 32.2. The van der Waals surface area contributed by atoms with E-state index in [4.69, 9.17) is 0 Å². The number of aryl methyl sites for hydroxylation is 1. The Morgan fingerprint density at radius 2 is 2.04 bits per heavy atom. The highest BCUT2D eigenvalue weighted by Crippen LogP contribution is 2.20.